The fraction of sp³-hybridized carbons (Fsp3) is 0.566. The largest absolute Gasteiger partial charge is 0.480 e. The summed E-state index contributed by atoms with van der Waals surface area (Å²) in [6.07, 6.45) is -0.890. The zero-order valence-electron chi connectivity index (χ0n) is 47.1. The average Bonchev–Trinajstić information content (AvgIpc) is 3.36. The molecule has 0 spiro atoms. The van der Waals surface area contributed by atoms with Gasteiger partial charge in [-0.2, -0.15) is 0 Å². The fourth-order valence-corrected chi connectivity index (χ4v) is 8.10. The van der Waals surface area contributed by atoms with E-state index in [4.69, 9.17) is 14.6 Å². The summed E-state index contributed by atoms with van der Waals surface area (Å²) in [5.41, 5.74) is -1.39. The number of nitro benzene ring substituents is 1. The van der Waals surface area contributed by atoms with E-state index in [1.54, 1.807) is 91.8 Å². The molecule has 442 valence electrons. The summed E-state index contributed by atoms with van der Waals surface area (Å²) in [6.45, 7) is 15.7. The molecule has 0 unspecified atom stereocenters. The van der Waals surface area contributed by atoms with Crippen LogP contribution in [0.15, 0.2) is 59.5 Å². The molecule has 2 aromatic carbocycles. The number of rotatable bonds is 32. The molecule has 0 aromatic heterocycles. The maximum Gasteiger partial charge on any atom is 0.322 e. The number of aliphatic carboxylic acids is 1. The Balaban J connectivity index is 2.18. The Morgan fingerprint density at radius 3 is 1.71 bits per heavy atom. The summed E-state index contributed by atoms with van der Waals surface area (Å²) < 4.78 is 13.6. The number of para-hydroxylation sites is 1. The van der Waals surface area contributed by atoms with Gasteiger partial charge in [0.05, 0.1) is 30.5 Å². The molecule has 0 saturated carbocycles. The molecule has 0 saturated heterocycles. The molecule has 2 aromatic rings. The lowest BCUT2D eigenvalue weighted by atomic mass is 9.98. The maximum atomic E-state index is 13.8. The van der Waals surface area contributed by atoms with Crippen molar-refractivity contribution in [1.82, 2.24) is 47.3 Å². The maximum absolute atomic E-state index is 13.8. The van der Waals surface area contributed by atoms with Crippen LogP contribution in [-0.2, 0) is 68.6 Å². The van der Waals surface area contributed by atoms with Crippen LogP contribution in [0.4, 0.5) is 5.69 Å². The highest BCUT2D eigenvalue weighted by Gasteiger charge is 2.34. The molecule has 0 bridgehead atoms. The van der Waals surface area contributed by atoms with Gasteiger partial charge in [0.2, 0.25) is 47.3 Å². The number of ether oxygens (including phenoxy) is 2. The van der Waals surface area contributed by atoms with Crippen LogP contribution >= 0.6 is 11.9 Å². The van der Waals surface area contributed by atoms with E-state index in [1.165, 1.54) is 25.1 Å². The number of nitrogens with zero attached hydrogens (tertiary/aromatic N) is 1. The van der Waals surface area contributed by atoms with E-state index in [0.29, 0.717) is 18.4 Å². The summed E-state index contributed by atoms with van der Waals surface area (Å²) in [4.78, 5) is 156. The predicted molar refractivity (Wildman–Crippen MR) is 292 cm³/mol. The van der Waals surface area contributed by atoms with E-state index in [9.17, 15) is 62.9 Å². The van der Waals surface area contributed by atoms with Gasteiger partial charge in [-0.25, -0.2) is 4.72 Å². The van der Waals surface area contributed by atoms with Crippen molar-refractivity contribution in [1.29, 1.82) is 0 Å². The Bertz CT molecular complexity index is 2500. The van der Waals surface area contributed by atoms with Gasteiger partial charge < -0.3 is 57.1 Å². The molecule has 0 aliphatic heterocycles. The number of carboxylic acids is 1. The van der Waals surface area contributed by atoms with Gasteiger partial charge in [0.25, 0.3) is 5.69 Å². The van der Waals surface area contributed by atoms with Gasteiger partial charge in [-0.1, -0.05) is 76.6 Å². The highest BCUT2D eigenvalue weighted by Crippen LogP contribution is 2.27. The van der Waals surface area contributed by atoms with Gasteiger partial charge >= 0.3 is 17.9 Å². The molecular weight excluding hydrogens is 1060 g/mol. The molecule has 0 heterocycles. The minimum absolute atomic E-state index is 0.0146. The first-order valence-electron chi connectivity index (χ1n) is 26.0. The number of hydrogen-bond donors (Lipinski definition) is 10. The van der Waals surface area contributed by atoms with Crippen LogP contribution in [-0.4, -0.2) is 142 Å². The van der Waals surface area contributed by atoms with Crippen molar-refractivity contribution < 1.29 is 72.2 Å². The Morgan fingerprint density at radius 2 is 1.14 bits per heavy atom. The molecule has 2 rings (SSSR count). The lowest BCUT2D eigenvalue weighted by molar-refractivity contribution is -0.387. The summed E-state index contributed by atoms with van der Waals surface area (Å²) in [7, 11) is 0. The minimum Gasteiger partial charge on any atom is -0.480 e. The van der Waals surface area contributed by atoms with E-state index < -0.39 is 162 Å². The van der Waals surface area contributed by atoms with Crippen LogP contribution in [0, 0.1) is 22.0 Å². The lowest BCUT2D eigenvalue weighted by Crippen LogP contribution is -2.58. The molecule has 0 aliphatic carbocycles. The van der Waals surface area contributed by atoms with Crippen LogP contribution in [0.2, 0.25) is 0 Å². The van der Waals surface area contributed by atoms with Crippen molar-refractivity contribution in [3.8, 4) is 0 Å². The van der Waals surface area contributed by atoms with E-state index in [1.807, 2.05) is 13.8 Å². The first-order valence-corrected chi connectivity index (χ1v) is 26.8. The number of carboxylic acid groups (broad SMARTS) is 1. The van der Waals surface area contributed by atoms with Crippen LogP contribution in [0.5, 0.6) is 0 Å². The molecule has 27 heteroatoms. The first kappa shape index (κ1) is 68.4. The number of carbonyl (C=O) groups excluding carboxylic acids is 10. The lowest BCUT2D eigenvalue weighted by Gasteiger charge is -2.26. The van der Waals surface area contributed by atoms with Crippen molar-refractivity contribution in [2.45, 2.75) is 167 Å². The Morgan fingerprint density at radius 1 is 0.613 bits per heavy atom. The standard InChI is InChI=1S/C53H78N10O16S/c1-12-31(4)45(61-41(65)28-55-47(71)35(25-33-18-14-13-15-19-33)59-50(74)37(24-30(2)3)62-80-39-21-17-16-20-38(39)63(76)77)51(75)57-32(5)46(70)54-27-40(64)58-34(22-23-43(68)78-52(6,7)8)49(73)60-36(48(72)56-29-42(66)67)26-44(69)79-53(9,10)11/h13-21,30-32,34-37,45,62H,12,22-29H2,1-11H3,(H,54,70)(H,55,71)(H,56,72)(H,57,75)(H,58,64)(H,59,74)(H,60,73)(H,61,65)(H,66,67)/t31-,32-,34-,35-,36-,37-,45-/m0/s1. The summed E-state index contributed by atoms with van der Waals surface area (Å²) >= 11 is 0.907. The van der Waals surface area contributed by atoms with Crippen LogP contribution in [0.3, 0.4) is 0 Å². The third-order valence-electron chi connectivity index (χ3n) is 11.3. The van der Waals surface area contributed by atoms with E-state index >= 15 is 0 Å². The number of amides is 8. The van der Waals surface area contributed by atoms with Crippen LogP contribution in [0.1, 0.15) is 114 Å². The van der Waals surface area contributed by atoms with Gasteiger partial charge in [0, 0.05) is 18.9 Å². The summed E-state index contributed by atoms with van der Waals surface area (Å²) in [6, 6.07) is 6.84. The number of nitro groups is 1. The third kappa shape index (κ3) is 26.8. The number of hydrogen-bond acceptors (Lipinski definition) is 17. The monoisotopic (exact) mass is 1140 g/mol. The first-order chi connectivity index (χ1) is 37.3. The second-order valence-electron chi connectivity index (χ2n) is 21.2. The number of nitrogens with one attached hydrogen (secondary N) is 9. The van der Waals surface area contributed by atoms with Crippen LogP contribution in [0.25, 0.3) is 0 Å². The third-order valence-corrected chi connectivity index (χ3v) is 12.2. The van der Waals surface area contributed by atoms with Gasteiger partial charge in [-0.3, -0.25) is 62.9 Å². The van der Waals surface area contributed by atoms with Gasteiger partial charge in [0.1, 0.15) is 52.9 Å². The molecular formula is C53H78N10O16S. The predicted octanol–water partition coefficient (Wildman–Crippen LogP) is 1.63. The smallest absolute Gasteiger partial charge is 0.322 e. The minimum atomic E-state index is -1.69. The second-order valence-corrected chi connectivity index (χ2v) is 22.1. The number of benzene rings is 2. The number of carbonyl (C=O) groups is 11. The molecule has 26 nitrogen and oxygen atoms in total. The topological polar surface area (TPSA) is 378 Å². The Hall–Kier alpha value is -7.68. The normalized spacial score (nSPS) is 13.9. The van der Waals surface area contributed by atoms with Gasteiger partial charge in [-0.05, 0) is 96.7 Å². The Kier molecular flexibility index (Phi) is 28.3. The van der Waals surface area contributed by atoms with Gasteiger partial charge in [-0.15, -0.1) is 0 Å². The van der Waals surface area contributed by atoms with Crippen molar-refractivity contribution in [2.75, 3.05) is 19.6 Å². The quantitative estimate of drug-likeness (QED) is 0.0215. The van der Waals surface area contributed by atoms with Crippen molar-refractivity contribution in [3.63, 3.8) is 0 Å². The van der Waals surface area contributed by atoms with E-state index in [-0.39, 0.29) is 22.9 Å². The highest BCUT2D eigenvalue weighted by atomic mass is 32.2. The summed E-state index contributed by atoms with van der Waals surface area (Å²) in [5.74, 6) is -10.5. The molecule has 0 fully saturated rings. The highest BCUT2D eigenvalue weighted by molar-refractivity contribution is 7.97. The molecule has 80 heavy (non-hydrogen) atoms. The molecule has 8 amide bonds. The Labute approximate surface area is 469 Å². The molecule has 0 aliphatic rings. The molecule has 7 atom stereocenters. The van der Waals surface area contributed by atoms with Crippen molar-refractivity contribution in [2.24, 2.45) is 11.8 Å². The number of esters is 2. The van der Waals surface area contributed by atoms with Crippen LogP contribution < -0.4 is 47.3 Å². The molecule has 0 radical (unpaired) electrons. The van der Waals surface area contributed by atoms with Crippen molar-refractivity contribution >= 4 is 82.8 Å². The molecule has 10 N–H and O–H groups in total. The van der Waals surface area contributed by atoms with E-state index in [0.717, 1.165) is 11.9 Å². The zero-order valence-corrected chi connectivity index (χ0v) is 47.9. The summed E-state index contributed by atoms with van der Waals surface area (Å²) in [5, 5.41) is 40.2. The SMILES string of the molecule is CC[C@H](C)[C@H](NC(=O)CNC(=O)[C@H](Cc1ccccc1)NC(=O)[C@H](CC(C)C)NSc1ccccc1[N+](=O)[O-])C(=O)N[C@@H](C)C(=O)NCC(=O)N[C@@H](CCC(=O)OC(C)(C)C)C(=O)N[C@@H](CC(=O)OC(C)(C)C)C(=O)NCC(=O)O. The zero-order chi connectivity index (χ0) is 60.5. The second kappa shape index (κ2) is 33.0. The van der Waals surface area contributed by atoms with Crippen molar-refractivity contribution in [3.05, 3.63) is 70.3 Å². The van der Waals surface area contributed by atoms with Gasteiger partial charge in [0.15, 0.2) is 0 Å². The fourth-order valence-electron chi connectivity index (χ4n) is 7.23. The van der Waals surface area contributed by atoms with E-state index in [2.05, 4.69) is 47.3 Å². The average molecular weight is 1140 g/mol.